The quantitative estimate of drug-likeness (QED) is 0.470. The van der Waals surface area contributed by atoms with Gasteiger partial charge in [-0.25, -0.2) is 4.39 Å². The van der Waals surface area contributed by atoms with E-state index in [-0.39, 0.29) is 35.5 Å². The number of nitrogens with one attached hydrogen (secondary N) is 1. The van der Waals surface area contributed by atoms with Gasteiger partial charge in [0, 0.05) is 33.2 Å². The molecule has 1 aliphatic rings. The third-order valence-corrected chi connectivity index (χ3v) is 6.77. The molecule has 0 aromatic heterocycles. The lowest BCUT2D eigenvalue weighted by atomic mass is 10.1. The Hall–Kier alpha value is -1.82. The fourth-order valence-corrected chi connectivity index (χ4v) is 4.77. The van der Waals surface area contributed by atoms with Gasteiger partial charge in [-0.15, -0.1) is 0 Å². The Morgan fingerprint density at radius 2 is 1.84 bits per heavy atom. The van der Waals surface area contributed by atoms with Crippen LogP contribution in [0.5, 0.6) is 0 Å². The molecule has 1 saturated carbocycles. The summed E-state index contributed by atoms with van der Waals surface area (Å²) in [6.45, 7) is 1.94. The standard InChI is InChI=1S/C24H26Cl3FN2O2/c1-2-22(24(32)29-17-6-3-4-7-17)30(14-15-10-11-16(25)12-20(15)27)23(31)13-18-19(26)8-5-9-21(18)28/h5,8-12,17,22H,2-4,6-7,13-14H2,1H3,(H,29,32). The zero-order chi connectivity index (χ0) is 23.3. The first-order valence-corrected chi connectivity index (χ1v) is 11.9. The number of hydrogen-bond donors (Lipinski definition) is 1. The summed E-state index contributed by atoms with van der Waals surface area (Å²) < 4.78 is 14.4. The van der Waals surface area contributed by atoms with Crippen molar-refractivity contribution in [2.24, 2.45) is 0 Å². The fraction of sp³-hybridized carbons (Fsp3) is 0.417. The maximum Gasteiger partial charge on any atom is 0.243 e. The molecule has 172 valence electrons. The number of amides is 2. The fourth-order valence-electron chi connectivity index (χ4n) is 4.07. The normalized spacial score (nSPS) is 14.9. The van der Waals surface area contributed by atoms with Crippen molar-refractivity contribution in [1.82, 2.24) is 10.2 Å². The largest absolute Gasteiger partial charge is 0.352 e. The highest BCUT2D eigenvalue weighted by Gasteiger charge is 2.31. The van der Waals surface area contributed by atoms with E-state index in [0.29, 0.717) is 22.0 Å². The molecule has 0 saturated heterocycles. The van der Waals surface area contributed by atoms with Gasteiger partial charge in [0.1, 0.15) is 11.9 Å². The summed E-state index contributed by atoms with van der Waals surface area (Å²) in [5.41, 5.74) is 0.758. The zero-order valence-electron chi connectivity index (χ0n) is 17.8. The first-order valence-electron chi connectivity index (χ1n) is 10.8. The molecule has 0 spiro atoms. The minimum atomic E-state index is -0.722. The van der Waals surface area contributed by atoms with Gasteiger partial charge in [0.2, 0.25) is 11.8 Å². The summed E-state index contributed by atoms with van der Waals surface area (Å²) in [5.74, 6) is -1.17. The van der Waals surface area contributed by atoms with E-state index in [9.17, 15) is 14.0 Å². The maximum atomic E-state index is 14.4. The first kappa shape index (κ1) is 24.8. The van der Waals surface area contributed by atoms with Gasteiger partial charge in [-0.05, 0) is 49.1 Å². The summed E-state index contributed by atoms with van der Waals surface area (Å²) in [6, 6.07) is 8.68. The highest BCUT2D eigenvalue weighted by atomic mass is 35.5. The second kappa shape index (κ2) is 11.4. The molecule has 0 heterocycles. The van der Waals surface area contributed by atoms with Crippen LogP contribution in [0.4, 0.5) is 4.39 Å². The number of halogens is 4. The van der Waals surface area contributed by atoms with Crippen LogP contribution in [-0.2, 0) is 22.6 Å². The van der Waals surface area contributed by atoms with Crippen LogP contribution in [-0.4, -0.2) is 28.8 Å². The van der Waals surface area contributed by atoms with Gasteiger partial charge in [-0.2, -0.15) is 0 Å². The van der Waals surface area contributed by atoms with Crippen molar-refractivity contribution in [1.29, 1.82) is 0 Å². The molecule has 1 atom stereocenters. The molecule has 32 heavy (non-hydrogen) atoms. The second-order valence-electron chi connectivity index (χ2n) is 8.05. The number of carbonyl (C=O) groups is 2. The van der Waals surface area contributed by atoms with E-state index in [2.05, 4.69) is 5.32 Å². The molecular weight excluding hydrogens is 474 g/mol. The van der Waals surface area contributed by atoms with Gasteiger partial charge in [-0.3, -0.25) is 9.59 Å². The molecular formula is C24H26Cl3FN2O2. The van der Waals surface area contributed by atoms with Crippen molar-refractivity contribution >= 4 is 46.6 Å². The van der Waals surface area contributed by atoms with Gasteiger partial charge < -0.3 is 10.2 Å². The van der Waals surface area contributed by atoms with Crippen LogP contribution < -0.4 is 5.32 Å². The van der Waals surface area contributed by atoms with Gasteiger partial charge in [-0.1, -0.05) is 66.7 Å². The summed E-state index contributed by atoms with van der Waals surface area (Å²) in [6.07, 6.45) is 4.17. The topological polar surface area (TPSA) is 49.4 Å². The highest BCUT2D eigenvalue weighted by molar-refractivity contribution is 6.35. The summed E-state index contributed by atoms with van der Waals surface area (Å²) in [4.78, 5) is 28.0. The number of benzene rings is 2. The maximum absolute atomic E-state index is 14.4. The van der Waals surface area contributed by atoms with Crippen LogP contribution >= 0.6 is 34.8 Å². The van der Waals surface area contributed by atoms with Crippen molar-refractivity contribution in [2.75, 3.05) is 0 Å². The molecule has 1 unspecified atom stereocenters. The van der Waals surface area contributed by atoms with Crippen LogP contribution in [0.25, 0.3) is 0 Å². The van der Waals surface area contributed by atoms with E-state index in [1.807, 2.05) is 6.92 Å². The summed E-state index contributed by atoms with van der Waals surface area (Å²) in [7, 11) is 0. The van der Waals surface area contributed by atoms with Crippen LogP contribution in [0.15, 0.2) is 36.4 Å². The van der Waals surface area contributed by atoms with Crippen LogP contribution in [0, 0.1) is 5.82 Å². The third kappa shape index (κ3) is 6.15. The predicted octanol–water partition coefficient (Wildman–Crippen LogP) is 6.19. The number of hydrogen-bond acceptors (Lipinski definition) is 2. The Kier molecular flexibility index (Phi) is 8.80. The predicted molar refractivity (Wildman–Crippen MR) is 127 cm³/mol. The van der Waals surface area contributed by atoms with Crippen molar-refractivity contribution in [3.63, 3.8) is 0 Å². The molecule has 2 aromatic rings. The van der Waals surface area contributed by atoms with Gasteiger partial charge in [0.15, 0.2) is 0 Å². The van der Waals surface area contributed by atoms with Crippen LogP contribution in [0.3, 0.4) is 0 Å². The van der Waals surface area contributed by atoms with Crippen molar-refractivity contribution in [3.8, 4) is 0 Å². The first-order chi connectivity index (χ1) is 15.3. The van der Waals surface area contributed by atoms with E-state index < -0.39 is 17.8 Å². The minimum absolute atomic E-state index is 0.0947. The van der Waals surface area contributed by atoms with Crippen LogP contribution in [0.2, 0.25) is 15.1 Å². The summed E-state index contributed by atoms with van der Waals surface area (Å²) in [5, 5.41) is 4.11. The monoisotopic (exact) mass is 498 g/mol. The molecule has 2 aromatic carbocycles. The molecule has 3 rings (SSSR count). The van der Waals surface area contributed by atoms with Gasteiger partial charge in [0.25, 0.3) is 0 Å². The lowest BCUT2D eigenvalue weighted by Gasteiger charge is -2.32. The van der Waals surface area contributed by atoms with Crippen molar-refractivity contribution in [2.45, 2.75) is 64.1 Å². The molecule has 8 heteroatoms. The average Bonchev–Trinajstić information content (AvgIpc) is 3.25. The molecule has 0 radical (unpaired) electrons. The summed E-state index contributed by atoms with van der Waals surface area (Å²) >= 11 is 18.5. The number of carbonyl (C=O) groups excluding carboxylic acids is 2. The zero-order valence-corrected chi connectivity index (χ0v) is 20.1. The third-order valence-electron chi connectivity index (χ3n) is 5.83. The van der Waals surface area contributed by atoms with Gasteiger partial charge in [0.05, 0.1) is 6.42 Å². The molecule has 2 amide bonds. The minimum Gasteiger partial charge on any atom is -0.352 e. The van der Waals surface area contributed by atoms with Crippen LogP contribution in [0.1, 0.15) is 50.2 Å². The van der Waals surface area contributed by atoms with E-state index >= 15 is 0 Å². The molecule has 4 nitrogen and oxygen atoms in total. The van der Waals surface area contributed by atoms with E-state index in [1.165, 1.54) is 23.1 Å². The lowest BCUT2D eigenvalue weighted by molar-refractivity contribution is -0.141. The molecule has 1 fully saturated rings. The smallest absolute Gasteiger partial charge is 0.243 e. The average molecular weight is 500 g/mol. The number of nitrogens with zero attached hydrogens (tertiary/aromatic N) is 1. The van der Waals surface area contributed by atoms with Gasteiger partial charge >= 0.3 is 0 Å². The lowest BCUT2D eigenvalue weighted by Crippen LogP contribution is -2.51. The molecule has 1 aliphatic carbocycles. The molecule has 0 aliphatic heterocycles. The van der Waals surface area contributed by atoms with E-state index in [1.54, 1.807) is 18.2 Å². The Bertz CT molecular complexity index is 959. The SMILES string of the molecule is CCC(C(=O)NC1CCCC1)N(Cc1ccc(Cl)cc1Cl)C(=O)Cc1c(F)cccc1Cl. The molecule has 0 bridgehead atoms. The van der Waals surface area contributed by atoms with Crippen molar-refractivity contribution < 1.29 is 14.0 Å². The number of rotatable bonds is 8. The Morgan fingerprint density at radius 1 is 1.12 bits per heavy atom. The second-order valence-corrected chi connectivity index (χ2v) is 9.30. The Morgan fingerprint density at radius 3 is 2.47 bits per heavy atom. The van der Waals surface area contributed by atoms with E-state index in [4.69, 9.17) is 34.8 Å². The van der Waals surface area contributed by atoms with Crippen molar-refractivity contribution in [3.05, 3.63) is 68.4 Å². The molecule has 1 N–H and O–H groups in total. The Balaban J connectivity index is 1.89. The van der Waals surface area contributed by atoms with E-state index in [0.717, 1.165) is 25.7 Å². The highest BCUT2D eigenvalue weighted by Crippen LogP contribution is 2.26. The Labute approximate surface area is 203 Å².